The topological polar surface area (TPSA) is 113 Å². The molecule has 1 aliphatic heterocycles. The van der Waals surface area contributed by atoms with E-state index in [2.05, 4.69) is 20.3 Å². The number of rotatable bonds is 6. The summed E-state index contributed by atoms with van der Waals surface area (Å²) < 4.78 is 57.0. The number of allylic oxidation sites excluding steroid dienone is 1. The van der Waals surface area contributed by atoms with Crippen LogP contribution in [0.15, 0.2) is 47.0 Å². The van der Waals surface area contributed by atoms with Crippen LogP contribution in [-0.4, -0.2) is 40.3 Å². The molecule has 36 heavy (non-hydrogen) atoms. The Morgan fingerprint density at radius 2 is 1.97 bits per heavy atom. The zero-order valence-electron chi connectivity index (χ0n) is 19.2. The quantitative estimate of drug-likeness (QED) is 0.411. The molecule has 0 saturated carbocycles. The van der Waals surface area contributed by atoms with Crippen LogP contribution in [-0.2, 0) is 4.79 Å². The van der Waals surface area contributed by atoms with Gasteiger partial charge in [0.25, 0.3) is 11.8 Å². The van der Waals surface area contributed by atoms with Gasteiger partial charge in [0.15, 0.2) is 5.69 Å². The number of ether oxygens (including phenoxy) is 1. The second-order valence-corrected chi connectivity index (χ2v) is 9.11. The number of nitrogens with two attached hydrogens (primary N) is 1. The van der Waals surface area contributed by atoms with E-state index in [9.17, 15) is 27.2 Å². The zero-order valence-corrected chi connectivity index (χ0v) is 20.1. The number of aromatic nitrogens is 2. The second kappa shape index (κ2) is 9.37. The number of aromatic amines is 1. The van der Waals surface area contributed by atoms with E-state index in [1.165, 1.54) is 7.05 Å². The van der Waals surface area contributed by atoms with Gasteiger partial charge in [-0.15, -0.1) is 13.2 Å². The maximum absolute atomic E-state index is 14.8. The molecule has 4 rings (SSSR count). The molecule has 2 atom stereocenters. The molecule has 1 aromatic heterocycles. The normalized spacial score (nSPS) is 17.0. The average molecular weight is 524 g/mol. The van der Waals surface area contributed by atoms with Gasteiger partial charge in [0.2, 0.25) is 0 Å². The Morgan fingerprint density at radius 3 is 2.61 bits per heavy atom. The predicted octanol–water partition coefficient (Wildman–Crippen LogP) is 4.49. The standard InChI is InChI=1S/C23H21F4N5O3S/c1-10(15-9-13(5-7-16(15)24)35-23(25,26)27)32-11(2)19(20(28)33)36-22(32)12-4-6-14-17(8-12)30-31-18(14)21(34)29-3/h4-10,22H,1-3H3,(H2,28,33)(H,29,34)(H,30,31). The number of hydrogen-bond acceptors (Lipinski definition) is 6. The Kier molecular flexibility index (Phi) is 6.60. The number of H-pyrrole nitrogens is 1. The van der Waals surface area contributed by atoms with Crippen molar-refractivity contribution in [3.8, 4) is 5.75 Å². The van der Waals surface area contributed by atoms with Crippen molar-refractivity contribution in [2.45, 2.75) is 31.6 Å². The molecule has 1 aliphatic rings. The molecule has 2 amide bonds. The lowest BCUT2D eigenvalue weighted by Gasteiger charge is -2.34. The SMILES string of the molecule is CNC(=O)c1n[nH]c2cc(C3SC(C(N)=O)=C(C)N3C(C)c3cc(OC(F)(F)F)ccc3F)ccc12. The van der Waals surface area contributed by atoms with Crippen LogP contribution in [0.4, 0.5) is 17.6 Å². The number of nitrogens with one attached hydrogen (secondary N) is 2. The molecule has 8 nitrogen and oxygen atoms in total. The molecule has 0 saturated heterocycles. The van der Waals surface area contributed by atoms with Gasteiger partial charge in [-0.05, 0) is 49.7 Å². The first-order chi connectivity index (χ1) is 16.9. The highest BCUT2D eigenvalue weighted by Crippen LogP contribution is 2.52. The van der Waals surface area contributed by atoms with Crippen molar-refractivity contribution >= 4 is 34.5 Å². The van der Waals surface area contributed by atoms with Crippen molar-refractivity contribution in [1.82, 2.24) is 20.4 Å². The van der Waals surface area contributed by atoms with Crippen LogP contribution in [0, 0.1) is 5.82 Å². The lowest BCUT2D eigenvalue weighted by atomic mass is 10.0. The van der Waals surface area contributed by atoms with Gasteiger partial charge in [0, 0.05) is 23.7 Å². The molecule has 0 radical (unpaired) electrons. The minimum Gasteiger partial charge on any atom is -0.406 e. The van der Waals surface area contributed by atoms with Gasteiger partial charge in [0.1, 0.15) is 16.9 Å². The van der Waals surface area contributed by atoms with Gasteiger partial charge in [-0.2, -0.15) is 5.10 Å². The molecule has 4 N–H and O–H groups in total. The number of alkyl halides is 3. The van der Waals surface area contributed by atoms with Gasteiger partial charge in [-0.1, -0.05) is 17.8 Å². The maximum atomic E-state index is 14.8. The third-order valence-corrected chi connectivity index (χ3v) is 7.26. The second-order valence-electron chi connectivity index (χ2n) is 8.02. The van der Waals surface area contributed by atoms with Crippen LogP contribution >= 0.6 is 11.8 Å². The van der Waals surface area contributed by atoms with Crippen molar-refractivity contribution in [3.05, 3.63) is 69.6 Å². The lowest BCUT2D eigenvalue weighted by molar-refractivity contribution is -0.274. The number of primary amides is 1. The Bertz CT molecular complexity index is 1390. The van der Waals surface area contributed by atoms with Crippen molar-refractivity contribution in [2.75, 3.05) is 7.05 Å². The molecular weight excluding hydrogens is 502 g/mol. The van der Waals surface area contributed by atoms with Crippen molar-refractivity contribution < 1.29 is 31.9 Å². The fourth-order valence-electron chi connectivity index (χ4n) is 4.18. The van der Waals surface area contributed by atoms with E-state index in [1.807, 2.05) is 0 Å². The molecule has 2 heterocycles. The van der Waals surface area contributed by atoms with Crippen molar-refractivity contribution in [1.29, 1.82) is 0 Å². The number of amides is 2. The van der Waals surface area contributed by atoms with Gasteiger partial charge in [0.05, 0.1) is 16.5 Å². The molecule has 190 valence electrons. The van der Waals surface area contributed by atoms with Gasteiger partial charge in [-0.3, -0.25) is 14.7 Å². The number of thioether (sulfide) groups is 1. The minimum atomic E-state index is -4.94. The van der Waals surface area contributed by atoms with Crippen LogP contribution in [0.3, 0.4) is 0 Å². The lowest BCUT2D eigenvalue weighted by Crippen LogP contribution is -2.26. The van der Waals surface area contributed by atoms with E-state index in [1.54, 1.807) is 36.9 Å². The molecular formula is C23H21F4N5O3S. The molecule has 0 aliphatic carbocycles. The minimum absolute atomic E-state index is 0.0584. The van der Waals surface area contributed by atoms with Gasteiger partial charge in [-0.25, -0.2) is 4.39 Å². The number of halogens is 4. The summed E-state index contributed by atoms with van der Waals surface area (Å²) in [6.45, 7) is 3.24. The van der Waals surface area contributed by atoms with E-state index >= 15 is 0 Å². The number of carbonyl (C=O) groups is 2. The predicted molar refractivity (Wildman–Crippen MR) is 125 cm³/mol. The van der Waals surface area contributed by atoms with E-state index in [0.29, 0.717) is 22.2 Å². The number of benzene rings is 2. The summed E-state index contributed by atoms with van der Waals surface area (Å²) in [6.07, 6.45) is -4.94. The van der Waals surface area contributed by atoms with Crippen LogP contribution in [0.25, 0.3) is 10.9 Å². The smallest absolute Gasteiger partial charge is 0.406 e. The monoisotopic (exact) mass is 523 g/mol. The largest absolute Gasteiger partial charge is 0.573 e. The summed E-state index contributed by atoms with van der Waals surface area (Å²) in [5, 5.41) is 9.35. The van der Waals surface area contributed by atoms with Crippen molar-refractivity contribution in [2.24, 2.45) is 5.73 Å². The van der Waals surface area contributed by atoms with Crippen LogP contribution in [0.5, 0.6) is 5.75 Å². The zero-order chi connectivity index (χ0) is 26.4. The fraction of sp³-hybridized carbons (Fsp3) is 0.261. The summed E-state index contributed by atoms with van der Waals surface area (Å²) in [5.41, 5.74) is 7.39. The Hall–Kier alpha value is -3.74. The highest BCUT2D eigenvalue weighted by atomic mass is 32.2. The third-order valence-electron chi connectivity index (χ3n) is 5.80. The Morgan fingerprint density at radius 1 is 1.25 bits per heavy atom. The molecule has 2 unspecified atom stereocenters. The molecule has 2 aromatic carbocycles. The maximum Gasteiger partial charge on any atom is 0.573 e. The highest BCUT2D eigenvalue weighted by Gasteiger charge is 2.38. The summed E-state index contributed by atoms with van der Waals surface area (Å²) in [7, 11) is 1.49. The third kappa shape index (κ3) is 4.70. The van der Waals surface area contributed by atoms with E-state index < -0.39 is 35.3 Å². The fourth-order valence-corrected chi connectivity index (χ4v) is 5.53. The Balaban J connectivity index is 1.76. The van der Waals surface area contributed by atoms with Crippen molar-refractivity contribution in [3.63, 3.8) is 0 Å². The summed E-state index contributed by atoms with van der Waals surface area (Å²) in [4.78, 5) is 26.1. The summed E-state index contributed by atoms with van der Waals surface area (Å²) >= 11 is 1.14. The van der Waals surface area contributed by atoms with Crippen LogP contribution < -0.4 is 15.8 Å². The average Bonchev–Trinajstić information content (AvgIpc) is 3.39. The molecule has 0 fully saturated rings. The molecule has 13 heteroatoms. The van der Waals surface area contributed by atoms with E-state index in [4.69, 9.17) is 5.73 Å². The van der Waals surface area contributed by atoms with E-state index in [-0.39, 0.29) is 22.1 Å². The first-order valence-electron chi connectivity index (χ1n) is 10.6. The first kappa shape index (κ1) is 25.4. The molecule has 3 aromatic rings. The number of fused-ring (bicyclic) bond motifs is 1. The number of nitrogens with zero attached hydrogens (tertiary/aromatic N) is 2. The van der Waals surface area contributed by atoms with E-state index in [0.717, 1.165) is 30.0 Å². The molecule has 0 bridgehead atoms. The summed E-state index contributed by atoms with van der Waals surface area (Å²) in [6, 6.07) is 7.13. The van der Waals surface area contributed by atoms with Crippen LogP contribution in [0.1, 0.15) is 46.9 Å². The van der Waals surface area contributed by atoms with Gasteiger partial charge < -0.3 is 20.7 Å². The molecule has 0 spiro atoms. The van der Waals surface area contributed by atoms with Gasteiger partial charge >= 0.3 is 6.36 Å². The first-order valence-corrected chi connectivity index (χ1v) is 11.5. The summed E-state index contributed by atoms with van der Waals surface area (Å²) in [5.74, 6) is -2.35. The Labute approximate surface area is 206 Å². The number of hydrogen-bond donors (Lipinski definition) is 3. The van der Waals surface area contributed by atoms with Crippen LogP contribution in [0.2, 0.25) is 0 Å². The number of carbonyl (C=O) groups excluding carboxylic acids is 2. The highest BCUT2D eigenvalue weighted by molar-refractivity contribution is 8.04.